The molecule has 0 saturated carbocycles. The van der Waals surface area contributed by atoms with Crippen molar-refractivity contribution in [3.63, 3.8) is 0 Å². The summed E-state index contributed by atoms with van der Waals surface area (Å²) in [5.41, 5.74) is 4.28. The summed E-state index contributed by atoms with van der Waals surface area (Å²) in [6.45, 7) is 3.83. The fourth-order valence-electron chi connectivity index (χ4n) is 2.80. The molecule has 134 valence electrons. The first-order valence-electron chi connectivity index (χ1n) is 8.15. The van der Waals surface area contributed by atoms with Crippen molar-refractivity contribution in [3.05, 3.63) is 64.4 Å². The van der Waals surface area contributed by atoms with Crippen molar-refractivity contribution in [2.75, 3.05) is 24.3 Å². The Morgan fingerprint density at radius 1 is 1.15 bits per heavy atom. The number of anilines is 2. The average Bonchev–Trinajstić information content (AvgIpc) is 2.96. The number of nitrogens with zero attached hydrogens (tertiary/aromatic N) is 4. The molecule has 0 saturated heterocycles. The minimum Gasteiger partial charge on any atom is -0.375 e. The van der Waals surface area contributed by atoms with Gasteiger partial charge in [0.25, 0.3) is 5.91 Å². The minimum absolute atomic E-state index is 0.274. The summed E-state index contributed by atoms with van der Waals surface area (Å²) in [5.74, 6) is -0.327. The van der Waals surface area contributed by atoms with Crippen LogP contribution in [-0.4, -0.2) is 35.0 Å². The molecule has 1 heterocycles. The largest absolute Gasteiger partial charge is 0.375 e. The molecule has 0 unspecified atom stereocenters. The molecule has 7 heteroatoms. The molecule has 3 rings (SSSR count). The van der Waals surface area contributed by atoms with E-state index in [0.717, 1.165) is 16.9 Å². The van der Waals surface area contributed by atoms with Gasteiger partial charge in [0.05, 0.1) is 27.8 Å². The van der Waals surface area contributed by atoms with Gasteiger partial charge in [-0.05, 0) is 43.7 Å². The highest BCUT2D eigenvalue weighted by atomic mass is 35.5. The van der Waals surface area contributed by atoms with E-state index in [-0.39, 0.29) is 11.6 Å². The Morgan fingerprint density at radius 3 is 2.58 bits per heavy atom. The standard InChI is InChI=1S/C19H20ClN5O/c1-12-7-5-8-14(11-12)25-13(2)17(22-23-25)19(26)21-16-10-6-9-15(20)18(16)24(3)4/h5-11H,1-4H3,(H,21,26). The lowest BCUT2D eigenvalue weighted by molar-refractivity contribution is 0.102. The lowest BCUT2D eigenvalue weighted by Crippen LogP contribution is -2.18. The lowest BCUT2D eigenvalue weighted by Gasteiger charge is -2.19. The second-order valence-electron chi connectivity index (χ2n) is 6.26. The Balaban J connectivity index is 1.92. The number of hydrogen-bond acceptors (Lipinski definition) is 4. The number of benzene rings is 2. The lowest BCUT2D eigenvalue weighted by atomic mass is 10.2. The average molecular weight is 370 g/mol. The zero-order valence-electron chi connectivity index (χ0n) is 15.1. The Bertz CT molecular complexity index is 964. The van der Waals surface area contributed by atoms with Crippen LogP contribution in [0.2, 0.25) is 5.02 Å². The van der Waals surface area contributed by atoms with Crippen LogP contribution < -0.4 is 10.2 Å². The summed E-state index contributed by atoms with van der Waals surface area (Å²) in [4.78, 5) is 14.6. The smallest absolute Gasteiger partial charge is 0.278 e. The zero-order valence-corrected chi connectivity index (χ0v) is 15.9. The van der Waals surface area contributed by atoms with E-state index in [9.17, 15) is 4.79 Å². The number of rotatable bonds is 4. The van der Waals surface area contributed by atoms with Gasteiger partial charge in [-0.3, -0.25) is 4.79 Å². The van der Waals surface area contributed by atoms with Gasteiger partial charge in [0.1, 0.15) is 0 Å². The molecule has 1 aromatic heterocycles. The third-order valence-electron chi connectivity index (χ3n) is 4.04. The van der Waals surface area contributed by atoms with Crippen LogP contribution in [0.1, 0.15) is 21.7 Å². The molecule has 1 N–H and O–H groups in total. The maximum Gasteiger partial charge on any atom is 0.278 e. The van der Waals surface area contributed by atoms with E-state index < -0.39 is 0 Å². The molecule has 26 heavy (non-hydrogen) atoms. The van der Waals surface area contributed by atoms with Crippen LogP contribution in [0.3, 0.4) is 0 Å². The van der Waals surface area contributed by atoms with Crippen LogP contribution in [0.25, 0.3) is 5.69 Å². The molecule has 0 aliphatic heterocycles. The van der Waals surface area contributed by atoms with Crippen molar-refractivity contribution in [2.24, 2.45) is 0 Å². The Hall–Kier alpha value is -2.86. The van der Waals surface area contributed by atoms with Crippen molar-refractivity contribution in [3.8, 4) is 5.69 Å². The maximum atomic E-state index is 12.7. The van der Waals surface area contributed by atoms with Crippen LogP contribution >= 0.6 is 11.6 Å². The van der Waals surface area contributed by atoms with Crippen LogP contribution in [0.15, 0.2) is 42.5 Å². The van der Waals surface area contributed by atoms with E-state index in [1.807, 2.05) is 57.1 Å². The normalized spacial score (nSPS) is 10.7. The molecule has 0 atom stereocenters. The highest BCUT2D eigenvalue weighted by molar-refractivity contribution is 6.34. The molecule has 6 nitrogen and oxygen atoms in total. The number of hydrogen-bond donors (Lipinski definition) is 1. The predicted octanol–water partition coefficient (Wildman–Crippen LogP) is 3.86. The van der Waals surface area contributed by atoms with Gasteiger partial charge in [-0.25, -0.2) is 4.68 Å². The van der Waals surface area contributed by atoms with Gasteiger partial charge in [-0.2, -0.15) is 0 Å². The SMILES string of the molecule is Cc1cccc(-n2nnc(C(=O)Nc3cccc(Cl)c3N(C)C)c2C)c1. The van der Waals surface area contributed by atoms with Gasteiger partial charge < -0.3 is 10.2 Å². The van der Waals surface area contributed by atoms with Crippen molar-refractivity contribution >= 4 is 28.9 Å². The van der Waals surface area contributed by atoms with Gasteiger partial charge in [0.15, 0.2) is 5.69 Å². The molecule has 0 fully saturated rings. The highest BCUT2D eigenvalue weighted by Crippen LogP contribution is 2.32. The van der Waals surface area contributed by atoms with Gasteiger partial charge in [-0.1, -0.05) is 35.0 Å². The first-order chi connectivity index (χ1) is 12.4. The maximum absolute atomic E-state index is 12.7. The number of nitrogens with one attached hydrogen (secondary N) is 1. The van der Waals surface area contributed by atoms with Gasteiger partial charge in [-0.15, -0.1) is 5.10 Å². The van der Waals surface area contributed by atoms with E-state index in [2.05, 4.69) is 15.6 Å². The first-order valence-corrected chi connectivity index (χ1v) is 8.53. The van der Waals surface area contributed by atoms with Crippen molar-refractivity contribution in [2.45, 2.75) is 13.8 Å². The summed E-state index contributed by atoms with van der Waals surface area (Å²) in [6.07, 6.45) is 0. The number of halogens is 1. The van der Waals surface area contributed by atoms with Crippen LogP contribution in [0.4, 0.5) is 11.4 Å². The quantitative estimate of drug-likeness (QED) is 0.758. The number of carbonyl (C=O) groups excluding carboxylic acids is 1. The predicted molar refractivity (Wildman–Crippen MR) is 105 cm³/mol. The monoisotopic (exact) mass is 369 g/mol. The Kier molecular flexibility index (Phi) is 4.95. The second-order valence-corrected chi connectivity index (χ2v) is 6.67. The van der Waals surface area contributed by atoms with E-state index >= 15 is 0 Å². The van der Waals surface area contributed by atoms with E-state index in [4.69, 9.17) is 11.6 Å². The number of aromatic nitrogens is 3. The summed E-state index contributed by atoms with van der Waals surface area (Å²) >= 11 is 6.26. The number of aryl methyl sites for hydroxylation is 1. The fourth-order valence-corrected chi connectivity index (χ4v) is 3.14. The van der Waals surface area contributed by atoms with Crippen molar-refractivity contribution < 1.29 is 4.79 Å². The number of para-hydroxylation sites is 1. The summed E-state index contributed by atoms with van der Waals surface area (Å²) in [5, 5.41) is 11.7. The molecule has 0 radical (unpaired) electrons. The van der Waals surface area contributed by atoms with Crippen LogP contribution in [0, 0.1) is 13.8 Å². The molecule has 0 bridgehead atoms. The molecular formula is C19H20ClN5O. The molecule has 0 aliphatic carbocycles. The van der Waals surface area contributed by atoms with Crippen LogP contribution in [0.5, 0.6) is 0 Å². The van der Waals surface area contributed by atoms with E-state index in [1.54, 1.807) is 22.9 Å². The minimum atomic E-state index is -0.327. The molecule has 3 aromatic rings. The third kappa shape index (κ3) is 3.41. The molecule has 2 aromatic carbocycles. The fraction of sp³-hybridized carbons (Fsp3) is 0.211. The summed E-state index contributed by atoms with van der Waals surface area (Å²) in [6, 6.07) is 13.3. The summed E-state index contributed by atoms with van der Waals surface area (Å²) < 4.78 is 1.66. The Labute approximate surface area is 157 Å². The second kappa shape index (κ2) is 7.17. The van der Waals surface area contributed by atoms with Crippen molar-refractivity contribution in [1.82, 2.24) is 15.0 Å². The molecule has 1 amide bonds. The van der Waals surface area contributed by atoms with Gasteiger partial charge in [0, 0.05) is 14.1 Å². The molecule has 0 spiro atoms. The van der Waals surface area contributed by atoms with E-state index in [1.165, 1.54) is 0 Å². The van der Waals surface area contributed by atoms with Gasteiger partial charge in [0.2, 0.25) is 0 Å². The van der Waals surface area contributed by atoms with Gasteiger partial charge >= 0.3 is 0 Å². The van der Waals surface area contributed by atoms with Crippen molar-refractivity contribution in [1.29, 1.82) is 0 Å². The third-order valence-corrected chi connectivity index (χ3v) is 4.34. The molecular weight excluding hydrogens is 350 g/mol. The number of carbonyl (C=O) groups is 1. The number of amides is 1. The summed E-state index contributed by atoms with van der Waals surface area (Å²) in [7, 11) is 3.74. The first kappa shape index (κ1) is 17.9. The van der Waals surface area contributed by atoms with Crippen LogP contribution in [-0.2, 0) is 0 Å². The molecule has 0 aliphatic rings. The van der Waals surface area contributed by atoms with E-state index in [0.29, 0.717) is 16.4 Å². The topological polar surface area (TPSA) is 63.1 Å². The highest BCUT2D eigenvalue weighted by Gasteiger charge is 2.19. The zero-order chi connectivity index (χ0) is 18.8. The Morgan fingerprint density at radius 2 is 1.88 bits per heavy atom.